The van der Waals surface area contributed by atoms with Gasteiger partial charge in [-0.1, -0.05) is 53.7 Å². The second-order valence-corrected chi connectivity index (χ2v) is 7.65. The fraction of sp³-hybridized carbons (Fsp3) is 0. The number of nitro groups is 1. The van der Waals surface area contributed by atoms with Crippen LogP contribution in [0.1, 0.15) is 0 Å². The molecule has 29 heavy (non-hydrogen) atoms. The van der Waals surface area contributed by atoms with Gasteiger partial charge in [0.2, 0.25) is 0 Å². The Morgan fingerprint density at radius 1 is 0.931 bits per heavy atom. The van der Waals surface area contributed by atoms with Gasteiger partial charge >= 0.3 is 0 Å². The fourth-order valence-corrected chi connectivity index (χ4v) is 4.16. The molecule has 144 valence electrons. The van der Waals surface area contributed by atoms with E-state index in [0.29, 0.717) is 31.4 Å². The lowest BCUT2D eigenvalue weighted by molar-refractivity contribution is -0.387. The first kappa shape index (κ1) is 19.0. The van der Waals surface area contributed by atoms with Gasteiger partial charge in [0.15, 0.2) is 0 Å². The molecule has 4 rings (SSSR count). The van der Waals surface area contributed by atoms with Crippen molar-refractivity contribution in [3.8, 4) is 0 Å². The van der Waals surface area contributed by atoms with Crippen LogP contribution < -0.4 is 10.9 Å². The van der Waals surface area contributed by atoms with Crippen LogP contribution in [0.25, 0.3) is 10.8 Å². The maximum atomic E-state index is 12.6. The first-order valence-electron chi connectivity index (χ1n) is 8.62. The summed E-state index contributed by atoms with van der Waals surface area (Å²) in [6.07, 6.45) is 0. The van der Waals surface area contributed by atoms with Gasteiger partial charge in [-0.3, -0.25) is 14.9 Å². The van der Waals surface area contributed by atoms with Gasteiger partial charge in [-0.2, -0.15) is 0 Å². The molecule has 0 radical (unpaired) electrons. The molecule has 1 aromatic heterocycles. The number of nitrogens with one attached hydrogen (secondary N) is 2. The zero-order chi connectivity index (χ0) is 20.4. The number of rotatable bonds is 5. The van der Waals surface area contributed by atoms with E-state index >= 15 is 0 Å². The fourth-order valence-electron chi connectivity index (χ4n) is 2.93. The maximum absolute atomic E-state index is 12.6. The summed E-state index contributed by atoms with van der Waals surface area (Å²) in [6.45, 7) is 0. The van der Waals surface area contributed by atoms with Gasteiger partial charge in [-0.05, 0) is 36.4 Å². The first-order chi connectivity index (χ1) is 14.0. The van der Waals surface area contributed by atoms with Crippen molar-refractivity contribution < 1.29 is 4.92 Å². The molecule has 3 aromatic carbocycles. The average molecular weight is 424 g/mol. The number of pyridine rings is 1. The molecule has 0 aliphatic carbocycles. The molecule has 1 heterocycles. The van der Waals surface area contributed by atoms with E-state index in [1.807, 2.05) is 12.1 Å². The van der Waals surface area contributed by atoms with Crippen molar-refractivity contribution in [3.63, 3.8) is 0 Å². The van der Waals surface area contributed by atoms with Crippen molar-refractivity contribution in [3.05, 3.63) is 98.3 Å². The summed E-state index contributed by atoms with van der Waals surface area (Å²) in [5.74, 6) is 0.458. The van der Waals surface area contributed by atoms with Gasteiger partial charge in [0.25, 0.3) is 11.2 Å². The third kappa shape index (κ3) is 3.96. The number of halogens is 1. The number of nitrogens with zero attached hydrogens (tertiary/aromatic N) is 1. The monoisotopic (exact) mass is 423 g/mol. The Bertz CT molecular complexity index is 1270. The van der Waals surface area contributed by atoms with E-state index < -0.39 is 4.92 Å². The van der Waals surface area contributed by atoms with Crippen LogP contribution in [0.4, 0.5) is 17.2 Å². The van der Waals surface area contributed by atoms with Crippen LogP contribution >= 0.6 is 23.4 Å². The normalized spacial score (nSPS) is 10.8. The highest BCUT2D eigenvalue weighted by Crippen LogP contribution is 2.41. The number of H-pyrrole nitrogens is 1. The van der Waals surface area contributed by atoms with Crippen molar-refractivity contribution in [1.29, 1.82) is 0 Å². The van der Waals surface area contributed by atoms with Crippen molar-refractivity contribution >= 4 is 51.3 Å². The topological polar surface area (TPSA) is 88.0 Å². The van der Waals surface area contributed by atoms with Crippen LogP contribution in [-0.4, -0.2) is 9.91 Å². The molecule has 0 aliphatic rings. The summed E-state index contributed by atoms with van der Waals surface area (Å²) in [6, 6.07) is 20.7. The molecular weight excluding hydrogens is 410 g/mol. The van der Waals surface area contributed by atoms with E-state index in [0.717, 1.165) is 5.69 Å². The third-order valence-electron chi connectivity index (χ3n) is 4.27. The van der Waals surface area contributed by atoms with Crippen LogP contribution in [0.3, 0.4) is 0 Å². The summed E-state index contributed by atoms with van der Waals surface area (Å²) in [4.78, 5) is 27.6. The number of hydrogen-bond donors (Lipinski definition) is 2. The second-order valence-electron chi connectivity index (χ2n) is 6.16. The number of para-hydroxylation sites is 1. The van der Waals surface area contributed by atoms with Gasteiger partial charge in [0, 0.05) is 27.5 Å². The smallest absolute Gasteiger partial charge is 0.283 e. The van der Waals surface area contributed by atoms with Crippen LogP contribution in [0.15, 0.2) is 87.4 Å². The largest absolute Gasteiger partial charge is 0.341 e. The van der Waals surface area contributed by atoms with Crippen LogP contribution in [0.5, 0.6) is 0 Å². The first-order valence-corrected chi connectivity index (χ1v) is 9.81. The van der Waals surface area contributed by atoms with Crippen molar-refractivity contribution in [2.24, 2.45) is 0 Å². The summed E-state index contributed by atoms with van der Waals surface area (Å²) in [5, 5.41) is 16.4. The molecule has 0 amide bonds. The van der Waals surface area contributed by atoms with Crippen LogP contribution in [0.2, 0.25) is 5.02 Å². The minimum absolute atomic E-state index is 0.00484. The average Bonchev–Trinajstić information content (AvgIpc) is 2.73. The molecule has 8 heteroatoms. The molecule has 0 spiro atoms. The predicted molar refractivity (Wildman–Crippen MR) is 117 cm³/mol. The molecule has 0 unspecified atom stereocenters. The highest BCUT2D eigenvalue weighted by molar-refractivity contribution is 7.99. The lowest BCUT2D eigenvalue weighted by Crippen LogP contribution is -2.10. The molecule has 0 saturated carbocycles. The molecule has 0 atom stereocenters. The Morgan fingerprint density at radius 3 is 2.31 bits per heavy atom. The zero-order valence-corrected chi connectivity index (χ0v) is 16.5. The molecule has 2 N–H and O–H groups in total. The van der Waals surface area contributed by atoms with Crippen molar-refractivity contribution in [1.82, 2.24) is 4.98 Å². The number of anilines is 2. The van der Waals surface area contributed by atoms with Gasteiger partial charge in [-0.25, -0.2) is 0 Å². The van der Waals surface area contributed by atoms with E-state index in [-0.39, 0.29) is 11.2 Å². The number of fused-ring (bicyclic) bond motifs is 1. The predicted octanol–water partition coefficient (Wildman–Crippen LogP) is 5.98. The zero-order valence-electron chi connectivity index (χ0n) is 14.9. The SMILES string of the molecule is O=c1[nH]c(Nc2ccc(Cl)cc2)c(Sc2ccccc2[N+](=O)[O-])c2ccccc12. The van der Waals surface area contributed by atoms with Gasteiger partial charge in [0.05, 0.1) is 14.7 Å². The molecular formula is C21H14ClN3O3S. The summed E-state index contributed by atoms with van der Waals surface area (Å²) in [5.41, 5.74) is 0.485. The minimum atomic E-state index is -0.414. The van der Waals surface area contributed by atoms with E-state index in [2.05, 4.69) is 10.3 Å². The number of hydrogen-bond acceptors (Lipinski definition) is 5. The molecule has 0 aliphatic heterocycles. The Hall–Kier alpha value is -3.29. The van der Waals surface area contributed by atoms with E-state index in [1.165, 1.54) is 17.8 Å². The quantitative estimate of drug-likeness (QED) is 0.304. The molecule has 4 aromatic rings. The standard InChI is InChI=1S/C21H14ClN3O3S/c22-13-9-11-14(12-10-13)23-20-19(15-5-1-2-6-16(15)21(26)24-20)29-18-8-4-3-7-17(18)25(27)28/h1-12H,(H2,23,24,26). The third-order valence-corrected chi connectivity index (χ3v) is 5.71. The van der Waals surface area contributed by atoms with E-state index in [9.17, 15) is 14.9 Å². The van der Waals surface area contributed by atoms with Gasteiger partial charge in [0.1, 0.15) is 5.82 Å². The van der Waals surface area contributed by atoms with E-state index in [4.69, 9.17) is 11.6 Å². The Labute approximate surface area is 174 Å². The summed E-state index contributed by atoms with van der Waals surface area (Å²) >= 11 is 7.18. The second kappa shape index (κ2) is 7.98. The molecule has 0 fully saturated rings. The highest BCUT2D eigenvalue weighted by Gasteiger charge is 2.19. The molecule has 0 bridgehead atoms. The molecule has 6 nitrogen and oxygen atoms in total. The number of aromatic nitrogens is 1. The van der Waals surface area contributed by atoms with Crippen LogP contribution in [-0.2, 0) is 0 Å². The number of nitro benzene ring substituents is 1. The minimum Gasteiger partial charge on any atom is -0.341 e. The lowest BCUT2D eigenvalue weighted by Gasteiger charge is -2.14. The maximum Gasteiger partial charge on any atom is 0.283 e. The van der Waals surface area contributed by atoms with E-state index in [1.54, 1.807) is 54.6 Å². The summed E-state index contributed by atoms with van der Waals surface area (Å²) < 4.78 is 0. The number of aromatic amines is 1. The Morgan fingerprint density at radius 2 is 1.59 bits per heavy atom. The number of benzene rings is 3. The Balaban J connectivity index is 1.88. The van der Waals surface area contributed by atoms with Gasteiger partial charge < -0.3 is 10.3 Å². The van der Waals surface area contributed by atoms with Gasteiger partial charge in [-0.15, -0.1) is 0 Å². The van der Waals surface area contributed by atoms with Crippen LogP contribution in [0, 0.1) is 10.1 Å². The molecule has 0 saturated heterocycles. The summed E-state index contributed by atoms with van der Waals surface area (Å²) in [7, 11) is 0. The van der Waals surface area contributed by atoms with Crippen molar-refractivity contribution in [2.75, 3.05) is 5.32 Å². The lowest BCUT2D eigenvalue weighted by atomic mass is 10.1. The van der Waals surface area contributed by atoms with Crippen molar-refractivity contribution in [2.45, 2.75) is 9.79 Å². The highest BCUT2D eigenvalue weighted by atomic mass is 35.5. The Kier molecular flexibility index (Phi) is 5.24.